The lowest BCUT2D eigenvalue weighted by atomic mass is 10.0. The largest absolute Gasteiger partial charge is 0.456 e. The number of nitrogens with zero attached hydrogens (tertiary/aromatic N) is 1. The molecule has 0 spiro atoms. The van der Waals surface area contributed by atoms with E-state index in [2.05, 4.69) is 13.0 Å². The van der Waals surface area contributed by atoms with E-state index in [9.17, 15) is 0 Å². The van der Waals surface area contributed by atoms with Crippen molar-refractivity contribution in [3.8, 4) is 17.6 Å². The summed E-state index contributed by atoms with van der Waals surface area (Å²) in [5.74, 6) is 1.58. The van der Waals surface area contributed by atoms with Gasteiger partial charge in [0, 0.05) is 11.6 Å². The van der Waals surface area contributed by atoms with Crippen LogP contribution in [-0.4, -0.2) is 0 Å². The van der Waals surface area contributed by atoms with Crippen LogP contribution in [0.3, 0.4) is 0 Å². The molecule has 0 amide bonds. The number of aryl methyl sites for hydroxylation is 2. The van der Waals surface area contributed by atoms with Crippen molar-refractivity contribution in [1.82, 2.24) is 0 Å². The van der Waals surface area contributed by atoms with Crippen molar-refractivity contribution in [3.63, 3.8) is 0 Å². The summed E-state index contributed by atoms with van der Waals surface area (Å²) in [5, 5.41) is 9.01. The average molecular weight is 280 g/mol. The van der Waals surface area contributed by atoms with Gasteiger partial charge >= 0.3 is 0 Å². The fraction of sp³-hybridized carbons (Fsp3) is 0.278. The molecule has 0 saturated heterocycles. The van der Waals surface area contributed by atoms with Crippen LogP contribution < -0.4 is 10.5 Å². The zero-order valence-electron chi connectivity index (χ0n) is 12.7. The molecule has 3 nitrogen and oxygen atoms in total. The van der Waals surface area contributed by atoms with Gasteiger partial charge in [0.1, 0.15) is 11.5 Å². The Morgan fingerprint density at radius 1 is 1.19 bits per heavy atom. The maximum absolute atomic E-state index is 9.01. The third-order valence-corrected chi connectivity index (χ3v) is 3.56. The van der Waals surface area contributed by atoms with Crippen LogP contribution in [0.15, 0.2) is 36.4 Å². The minimum absolute atomic E-state index is 0.0415. The molecule has 1 atom stereocenters. The molecular weight excluding hydrogens is 260 g/mol. The molecule has 0 fully saturated rings. The summed E-state index contributed by atoms with van der Waals surface area (Å²) >= 11 is 0. The van der Waals surface area contributed by atoms with E-state index in [0.717, 1.165) is 34.6 Å². The average Bonchev–Trinajstić information content (AvgIpc) is 2.50. The van der Waals surface area contributed by atoms with Gasteiger partial charge in [0.05, 0.1) is 11.6 Å². The number of rotatable bonds is 4. The van der Waals surface area contributed by atoms with Crippen LogP contribution >= 0.6 is 0 Å². The molecule has 0 saturated carbocycles. The first kappa shape index (κ1) is 15.1. The summed E-state index contributed by atoms with van der Waals surface area (Å²) < 4.78 is 6.10. The normalized spacial score (nSPS) is 11.8. The number of nitrogens with two attached hydrogens (primary N) is 1. The van der Waals surface area contributed by atoms with Crippen LogP contribution in [0.25, 0.3) is 0 Å². The van der Waals surface area contributed by atoms with Crippen molar-refractivity contribution in [3.05, 3.63) is 58.7 Å². The molecule has 3 heteroatoms. The van der Waals surface area contributed by atoms with Gasteiger partial charge in [0.15, 0.2) is 0 Å². The third-order valence-electron chi connectivity index (χ3n) is 3.56. The molecular formula is C18H20N2O. The van der Waals surface area contributed by atoms with Crippen LogP contribution in [0.4, 0.5) is 0 Å². The van der Waals surface area contributed by atoms with E-state index in [0.29, 0.717) is 5.56 Å². The highest BCUT2D eigenvalue weighted by Gasteiger charge is 2.13. The zero-order valence-corrected chi connectivity index (χ0v) is 12.7. The summed E-state index contributed by atoms with van der Waals surface area (Å²) in [5.41, 5.74) is 9.70. The summed E-state index contributed by atoms with van der Waals surface area (Å²) in [6, 6.07) is 13.6. The summed E-state index contributed by atoms with van der Waals surface area (Å²) in [7, 11) is 0. The quantitative estimate of drug-likeness (QED) is 0.904. The van der Waals surface area contributed by atoms with Crippen LogP contribution in [0.2, 0.25) is 0 Å². The molecule has 0 radical (unpaired) electrons. The molecule has 0 aliphatic heterocycles. The summed E-state index contributed by atoms with van der Waals surface area (Å²) in [6.45, 7) is 5.96. The predicted octanol–water partition coefficient (Wildman–Crippen LogP) is 4.38. The molecule has 21 heavy (non-hydrogen) atoms. The number of hydrogen-bond acceptors (Lipinski definition) is 3. The lowest BCUT2D eigenvalue weighted by Gasteiger charge is -2.18. The first-order valence-electron chi connectivity index (χ1n) is 7.10. The standard InChI is InChI=1S/C18H20N2O/c1-4-16(20)15-7-5-6-8-17(15)21-18-12(2)9-14(11-19)10-13(18)3/h5-10,16H,4,20H2,1-3H3. The number of benzene rings is 2. The summed E-state index contributed by atoms with van der Waals surface area (Å²) in [6.07, 6.45) is 0.853. The Morgan fingerprint density at radius 3 is 2.38 bits per heavy atom. The zero-order chi connectivity index (χ0) is 15.4. The highest BCUT2D eigenvalue weighted by atomic mass is 16.5. The maximum Gasteiger partial charge on any atom is 0.133 e. The van der Waals surface area contributed by atoms with E-state index in [1.807, 2.05) is 50.2 Å². The molecule has 0 bridgehead atoms. The first-order valence-corrected chi connectivity index (χ1v) is 7.10. The molecule has 108 valence electrons. The molecule has 0 aliphatic rings. The predicted molar refractivity (Wildman–Crippen MR) is 84.4 cm³/mol. The van der Waals surface area contributed by atoms with Crippen molar-refractivity contribution in [2.24, 2.45) is 5.73 Å². The van der Waals surface area contributed by atoms with Crippen LogP contribution in [-0.2, 0) is 0 Å². The molecule has 1 unspecified atom stereocenters. The lowest BCUT2D eigenvalue weighted by molar-refractivity contribution is 0.462. The van der Waals surface area contributed by atoms with E-state index in [4.69, 9.17) is 15.7 Å². The van der Waals surface area contributed by atoms with Gasteiger partial charge in [-0.05, 0) is 49.6 Å². The van der Waals surface area contributed by atoms with E-state index in [-0.39, 0.29) is 6.04 Å². The molecule has 0 heterocycles. The van der Waals surface area contributed by atoms with Gasteiger partial charge in [-0.25, -0.2) is 0 Å². The Bertz CT molecular complexity index is 663. The fourth-order valence-electron chi connectivity index (χ4n) is 2.39. The van der Waals surface area contributed by atoms with Gasteiger partial charge in [-0.2, -0.15) is 5.26 Å². The van der Waals surface area contributed by atoms with E-state index >= 15 is 0 Å². The molecule has 2 N–H and O–H groups in total. The topological polar surface area (TPSA) is 59.0 Å². The Morgan fingerprint density at radius 2 is 1.81 bits per heavy atom. The van der Waals surface area contributed by atoms with Crippen molar-refractivity contribution >= 4 is 0 Å². The van der Waals surface area contributed by atoms with Gasteiger partial charge in [-0.1, -0.05) is 25.1 Å². The Hall–Kier alpha value is -2.31. The molecule has 2 aromatic carbocycles. The highest BCUT2D eigenvalue weighted by Crippen LogP contribution is 2.34. The minimum Gasteiger partial charge on any atom is -0.456 e. The van der Waals surface area contributed by atoms with Crippen LogP contribution in [0, 0.1) is 25.2 Å². The monoisotopic (exact) mass is 280 g/mol. The Balaban J connectivity index is 2.42. The van der Waals surface area contributed by atoms with Crippen molar-refractivity contribution in [2.45, 2.75) is 33.2 Å². The van der Waals surface area contributed by atoms with Gasteiger partial charge in [0.25, 0.3) is 0 Å². The van der Waals surface area contributed by atoms with Gasteiger partial charge in [0.2, 0.25) is 0 Å². The number of para-hydroxylation sites is 1. The second kappa shape index (κ2) is 6.43. The van der Waals surface area contributed by atoms with Gasteiger partial charge in [-0.15, -0.1) is 0 Å². The number of ether oxygens (including phenoxy) is 1. The van der Waals surface area contributed by atoms with Gasteiger partial charge < -0.3 is 10.5 Å². The second-order valence-corrected chi connectivity index (χ2v) is 5.21. The van der Waals surface area contributed by atoms with E-state index in [1.54, 1.807) is 0 Å². The Kier molecular flexibility index (Phi) is 4.62. The molecule has 0 aromatic heterocycles. The number of hydrogen-bond donors (Lipinski definition) is 1. The third kappa shape index (κ3) is 3.24. The maximum atomic E-state index is 9.01. The Labute approximate surface area is 126 Å². The van der Waals surface area contributed by atoms with Crippen LogP contribution in [0.1, 0.15) is 41.6 Å². The number of nitriles is 1. The summed E-state index contributed by atoms with van der Waals surface area (Å²) in [4.78, 5) is 0. The van der Waals surface area contributed by atoms with Gasteiger partial charge in [-0.3, -0.25) is 0 Å². The van der Waals surface area contributed by atoms with E-state index < -0.39 is 0 Å². The van der Waals surface area contributed by atoms with Crippen molar-refractivity contribution in [1.29, 1.82) is 5.26 Å². The molecule has 0 aliphatic carbocycles. The SMILES string of the molecule is CCC(N)c1ccccc1Oc1c(C)cc(C#N)cc1C. The lowest BCUT2D eigenvalue weighted by Crippen LogP contribution is -2.10. The smallest absolute Gasteiger partial charge is 0.133 e. The van der Waals surface area contributed by atoms with Crippen molar-refractivity contribution in [2.75, 3.05) is 0 Å². The van der Waals surface area contributed by atoms with Crippen molar-refractivity contribution < 1.29 is 4.74 Å². The molecule has 2 aromatic rings. The van der Waals surface area contributed by atoms with E-state index in [1.165, 1.54) is 0 Å². The fourth-order valence-corrected chi connectivity index (χ4v) is 2.39. The molecule has 2 rings (SSSR count). The highest BCUT2D eigenvalue weighted by molar-refractivity contribution is 5.50. The first-order chi connectivity index (χ1) is 10.1. The minimum atomic E-state index is -0.0415. The second-order valence-electron chi connectivity index (χ2n) is 5.21. The van der Waals surface area contributed by atoms with Crippen LogP contribution in [0.5, 0.6) is 11.5 Å².